The van der Waals surface area contributed by atoms with E-state index >= 15 is 0 Å². The standard InChI is InChI=1S/C21H25N3O2/c1-13-3-4-18-17(9-13)20-19(11-22-18)23-21(15-5-7-25-12-15)24(20)16-6-8-26-14(2)10-16/h3-4,9,11,14-16H,5-8,10,12H2,1-2H3/t14-,15?,16?/m1/s1. The lowest BCUT2D eigenvalue weighted by atomic mass is 10.0. The largest absolute Gasteiger partial charge is 0.381 e. The van der Waals surface area contributed by atoms with Crippen LogP contribution in [0.1, 0.15) is 49.5 Å². The summed E-state index contributed by atoms with van der Waals surface area (Å²) in [6.07, 6.45) is 5.33. The third-order valence-corrected chi connectivity index (χ3v) is 5.82. The fraction of sp³-hybridized carbons (Fsp3) is 0.524. The van der Waals surface area contributed by atoms with Crippen LogP contribution >= 0.6 is 0 Å². The highest BCUT2D eigenvalue weighted by Gasteiger charge is 2.30. The lowest BCUT2D eigenvalue weighted by Gasteiger charge is -2.31. The van der Waals surface area contributed by atoms with Crippen LogP contribution in [0.4, 0.5) is 0 Å². The molecule has 0 bridgehead atoms. The molecule has 2 aromatic heterocycles. The van der Waals surface area contributed by atoms with Crippen LogP contribution in [0.5, 0.6) is 0 Å². The van der Waals surface area contributed by atoms with Crippen molar-refractivity contribution in [3.05, 3.63) is 35.8 Å². The molecular weight excluding hydrogens is 326 g/mol. The maximum atomic E-state index is 5.82. The molecule has 0 N–H and O–H groups in total. The number of pyridine rings is 1. The number of hydrogen-bond acceptors (Lipinski definition) is 4. The molecule has 2 saturated heterocycles. The van der Waals surface area contributed by atoms with Crippen molar-refractivity contribution in [1.29, 1.82) is 0 Å². The van der Waals surface area contributed by atoms with Crippen LogP contribution in [0.15, 0.2) is 24.4 Å². The maximum absolute atomic E-state index is 5.82. The average molecular weight is 351 g/mol. The van der Waals surface area contributed by atoms with Gasteiger partial charge in [0.1, 0.15) is 11.3 Å². The predicted octanol–water partition coefficient (Wildman–Crippen LogP) is 4.14. The maximum Gasteiger partial charge on any atom is 0.115 e. The van der Waals surface area contributed by atoms with Crippen molar-refractivity contribution in [3.8, 4) is 0 Å². The van der Waals surface area contributed by atoms with Gasteiger partial charge < -0.3 is 14.0 Å². The van der Waals surface area contributed by atoms with Crippen LogP contribution in [0.3, 0.4) is 0 Å². The number of hydrogen-bond donors (Lipinski definition) is 0. The lowest BCUT2D eigenvalue weighted by molar-refractivity contribution is 0.00604. The normalized spacial score (nSPS) is 26.8. The quantitative estimate of drug-likeness (QED) is 0.696. The summed E-state index contributed by atoms with van der Waals surface area (Å²) in [7, 11) is 0. The minimum atomic E-state index is 0.286. The van der Waals surface area contributed by atoms with Crippen molar-refractivity contribution in [1.82, 2.24) is 14.5 Å². The summed E-state index contributed by atoms with van der Waals surface area (Å²) in [6.45, 7) is 6.73. The molecule has 136 valence electrons. The van der Waals surface area contributed by atoms with E-state index in [9.17, 15) is 0 Å². The van der Waals surface area contributed by atoms with Crippen molar-refractivity contribution in [3.63, 3.8) is 0 Å². The molecule has 4 heterocycles. The second-order valence-corrected chi connectivity index (χ2v) is 7.77. The van der Waals surface area contributed by atoms with Crippen molar-refractivity contribution in [2.24, 2.45) is 0 Å². The Morgan fingerprint density at radius 1 is 1.15 bits per heavy atom. The minimum Gasteiger partial charge on any atom is -0.381 e. The molecule has 2 fully saturated rings. The first kappa shape index (κ1) is 16.2. The number of imidazole rings is 1. The molecule has 0 aliphatic carbocycles. The third-order valence-electron chi connectivity index (χ3n) is 5.82. The van der Waals surface area contributed by atoms with Gasteiger partial charge >= 0.3 is 0 Å². The van der Waals surface area contributed by atoms with Crippen LogP contribution in [-0.4, -0.2) is 40.5 Å². The summed E-state index contributed by atoms with van der Waals surface area (Å²) in [5.41, 5.74) is 4.54. The van der Waals surface area contributed by atoms with E-state index in [0.29, 0.717) is 12.0 Å². The average Bonchev–Trinajstić information content (AvgIpc) is 3.29. The second-order valence-electron chi connectivity index (χ2n) is 7.77. The van der Waals surface area contributed by atoms with Gasteiger partial charge in [-0.05, 0) is 45.2 Å². The van der Waals surface area contributed by atoms with E-state index < -0.39 is 0 Å². The lowest BCUT2D eigenvalue weighted by Crippen LogP contribution is -2.27. The molecule has 5 heteroatoms. The molecule has 2 aliphatic heterocycles. The summed E-state index contributed by atoms with van der Waals surface area (Å²) in [4.78, 5) is 9.71. The summed E-state index contributed by atoms with van der Waals surface area (Å²) < 4.78 is 14.0. The fourth-order valence-electron chi connectivity index (χ4n) is 4.51. The monoisotopic (exact) mass is 351 g/mol. The molecule has 2 unspecified atom stereocenters. The Kier molecular flexibility index (Phi) is 3.94. The van der Waals surface area contributed by atoms with E-state index in [-0.39, 0.29) is 6.10 Å². The molecule has 0 radical (unpaired) electrons. The second kappa shape index (κ2) is 6.32. The van der Waals surface area contributed by atoms with Gasteiger partial charge in [0.15, 0.2) is 0 Å². The number of rotatable bonds is 2. The van der Waals surface area contributed by atoms with E-state index in [0.717, 1.165) is 50.1 Å². The van der Waals surface area contributed by atoms with Gasteiger partial charge in [0.2, 0.25) is 0 Å². The van der Waals surface area contributed by atoms with Crippen LogP contribution in [-0.2, 0) is 9.47 Å². The molecule has 0 saturated carbocycles. The minimum absolute atomic E-state index is 0.286. The molecular formula is C21H25N3O2. The zero-order valence-electron chi connectivity index (χ0n) is 15.4. The van der Waals surface area contributed by atoms with Crippen LogP contribution in [0.2, 0.25) is 0 Å². The molecule has 26 heavy (non-hydrogen) atoms. The smallest absolute Gasteiger partial charge is 0.115 e. The molecule has 1 aromatic carbocycles. The van der Waals surface area contributed by atoms with E-state index in [4.69, 9.17) is 14.5 Å². The summed E-state index contributed by atoms with van der Waals surface area (Å²) in [5.74, 6) is 1.55. The third kappa shape index (κ3) is 2.61. The number of benzene rings is 1. The molecule has 2 aliphatic rings. The highest BCUT2D eigenvalue weighted by molar-refractivity contribution is 6.02. The molecule has 5 nitrogen and oxygen atoms in total. The Bertz CT molecular complexity index is 959. The Labute approximate surface area is 153 Å². The zero-order chi connectivity index (χ0) is 17.7. The van der Waals surface area contributed by atoms with Crippen LogP contribution < -0.4 is 0 Å². The van der Waals surface area contributed by atoms with Crippen molar-refractivity contribution >= 4 is 21.9 Å². The van der Waals surface area contributed by atoms with E-state index in [1.165, 1.54) is 22.3 Å². The fourth-order valence-corrected chi connectivity index (χ4v) is 4.51. The van der Waals surface area contributed by atoms with Gasteiger partial charge in [-0.3, -0.25) is 4.98 Å². The van der Waals surface area contributed by atoms with E-state index in [1.807, 2.05) is 6.20 Å². The first-order chi connectivity index (χ1) is 12.7. The number of ether oxygens (including phenoxy) is 2. The van der Waals surface area contributed by atoms with Gasteiger partial charge in [-0.15, -0.1) is 0 Å². The van der Waals surface area contributed by atoms with Crippen LogP contribution in [0, 0.1) is 6.92 Å². The zero-order valence-corrected chi connectivity index (χ0v) is 15.4. The SMILES string of the molecule is Cc1ccc2ncc3nc(C4CCOC4)n(C4CCO[C@H](C)C4)c3c2c1. The number of aromatic nitrogens is 3. The first-order valence-corrected chi connectivity index (χ1v) is 9.67. The highest BCUT2D eigenvalue weighted by Crippen LogP contribution is 2.37. The number of fused-ring (bicyclic) bond motifs is 3. The van der Waals surface area contributed by atoms with E-state index in [2.05, 4.69) is 41.6 Å². The van der Waals surface area contributed by atoms with Crippen LogP contribution in [0.25, 0.3) is 21.9 Å². The van der Waals surface area contributed by atoms with Gasteiger partial charge in [0.25, 0.3) is 0 Å². The Morgan fingerprint density at radius 3 is 2.88 bits per heavy atom. The molecule has 3 atom stereocenters. The van der Waals surface area contributed by atoms with Crippen molar-refractivity contribution < 1.29 is 9.47 Å². The van der Waals surface area contributed by atoms with E-state index in [1.54, 1.807) is 0 Å². The molecule has 5 rings (SSSR count). The topological polar surface area (TPSA) is 49.2 Å². The van der Waals surface area contributed by atoms with Crippen molar-refractivity contribution in [2.75, 3.05) is 19.8 Å². The molecule has 0 amide bonds. The Hall–Kier alpha value is -1.98. The number of aryl methyl sites for hydroxylation is 1. The van der Waals surface area contributed by atoms with Gasteiger partial charge in [-0.2, -0.15) is 0 Å². The van der Waals surface area contributed by atoms with Gasteiger partial charge in [-0.1, -0.05) is 11.6 Å². The first-order valence-electron chi connectivity index (χ1n) is 9.67. The number of nitrogens with zero attached hydrogens (tertiary/aromatic N) is 3. The van der Waals surface area contributed by atoms with Crippen molar-refractivity contribution in [2.45, 2.75) is 51.2 Å². The Morgan fingerprint density at radius 2 is 2.08 bits per heavy atom. The van der Waals surface area contributed by atoms with Gasteiger partial charge in [0, 0.05) is 30.6 Å². The summed E-state index contributed by atoms with van der Waals surface area (Å²) in [5, 5.41) is 1.21. The summed E-state index contributed by atoms with van der Waals surface area (Å²) in [6, 6.07) is 6.92. The van der Waals surface area contributed by atoms with Gasteiger partial charge in [-0.25, -0.2) is 4.98 Å². The highest BCUT2D eigenvalue weighted by atomic mass is 16.5. The van der Waals surface area contributed by atoms with Gasteiger partial charge in [0.05, 0.1) is 29.9 Å². The summed E-state index contributed by atoms with van der Waals surface area (Å²) >= 11 is 0. The molecule has 0 spiro atoms. The Balaban J connectivity index is 1.78. The predicted molar refractivity (Wildman–Crippen MR) is 102 cm³/mol. The molecule has 3 aromatic rings.